The molecule has 0 saturated heterocycles. The fraction of sp³-hybridized carbons (Fsp3) is 0.278. The Labute approximate surface area is 167 Å². The summed E-state index contributed by atoms with van der Waals surface area (Å²) in [5, 5.41) is 15.9. The highest BCUT2D eigenvalue weighted by molar-refractivity contribution is 7.80. The van der Waals surface area contributed by atoms with Gasteiger partial charge in [0.05, 0.1) is 0 Å². The predicted molar refractivity (Wildman–Crippen MR) is 108 cm³/mol. The van der Waals surface area contributed by atoms with Crippen LogP contribution in [0.5, 0.6) is 0 Å². The minimum absolute atomic E-state index is 0.139. The van der Waals surface area contributed by atoms with Crippen LogP contribution in [0.1, 0.15) is 19.4 Å². The van der Waals surface area contributed by atoms with Crippen molar-refractivity contribution in [1.82, 2.24) is 5.32 Å². The van der Waals surface area contributed by atoms with Crippen LogP contribution in [0.15, 0.2) is 42.5 Å². The van der Waals surface area contributed by atoms with Crippen LogP contribution in [0.4, 0.5) is 10.5 Å². The third kappa shape index (κ3) is 4.36. The molecule has 5 N–H and O–H groups in total. The van der Waals surface area contributed by atoms with E-state index in [1.165, 1.54) is 19.1 Å². The molecular weight excluding hydrogens is 390 g/mol. The average molecular weight is 410 g/mol. The first-order valence-corrected chi connectivity index (χ1v) is 8.87. The highest BCUT2D eigenvalue weighted by atomic mass is 35.5. The Bertz CT molecular complexity index is 842. The predicted octanol–water partition coefficient (Wildman–Crippen LogP) is 2.30. The number of halogens is 1. The van der Waals surface area contributed by atoms with Crippen LogP contribution >= 0.6 is 23.8 Å². The summed E-state index contributed by atoms with van der Waals surface area (Å²) in [7, 11) is 0. The summed E-state index contributed by atoms with van der Waals surface area (Å²) >= 11 is 11.9. The Hall–Kier alpha value is -2.26. The molecule has 1 aromatic rings. The molecule has 0 bridgehead atoms. The summed E-state index contributed by atoms with van der Waals surface area (Å²) in [5.41, 5.74) is 6.90. The Morgan fingerprint density at radius 2 is 2.04 bits per heavy atom. The van der Waals surface area contributed by atoms with Crippen LogP contribution in [-0.2, 0) is 9.53 Å². The maximum Gasteiger partial charge on any atom is 0.317 e. The van der Waals surface area contributed by atoms with Crippen molar-refractivity contribution in [3.63, 3.8) is 0 Å². The molecule has 2 atom stereocenters. The van der Waals surface area contributed by atoms with E-state index in [-0.39, 0.29) is 17.5 Å². The number of amides is 3. The van der Waals surface area contributed by atoms with Gasteiger partial charge in [0.15, 0.2) is 4.87 Å². The quantitative estimate of drug-likeness (QED) is 0.338. The van der Waals surface area contributed by atoms with Gasteiger partial charge in [0.25, 0.3) is 0 Å². The molecule has 9 heteroatoms. The number of hydrogen-bond donors (Lipinski definition) is 4. The van der Waals surface area contributed by atoms with E-state index in [9.17, 15) is 14.7 Å². The summed E-state index contributed by atoms with van der Waals surface area (Å²) < 4.78 is 5.41. The van der Waals surface area contributed by atoms with Crippen LogP contribution < -0.4 is 16.4 Å². The zero-order chi connectivity index (χ0) is 20.2. The Kier molecular flexibility index (Phi) is 6.38. The first-order valence-electron chi connectivity index (χ1n) is 8.08. The molecule has 0 radical (unpaired) electrons. The number of primary amides is 1. The van der Waals surface area contributed by atoms with Gasteiger partial charge >= 0.3 is 6.03 Å². The maximum atomic E-state index is 11.5. The molecule has 144 valence electrons. The van der Waals surface area contributed by atoms with Crippen LogP contribution in [0.2, 0.25) is 0 Å². The largest absolute Gasteiger partial charge is 0.360 e. The highest BCUT2D eigenvalue weighted by Gasteiger charge is 2.53. The standard InChI is InChI=1S/C18H20ClN3O4S/c1-3-26-18(25)9-8-12(10-17(18,19)15(27)22-16(20)24)13-6-4-5-7-14(13)21-11(2)23/h4-10,25H,3H2,1-2H3,(H,21,23)(H3,20,22,24,27). The second-order valence-corrected chi connectivity index (χ2v) is 6.82. The number of allylic oxidation sites excluding steroid dienone is 2. The zero-order valence-corrected chi connectivity index (χ0v) is 16.4. The third-order valence-electron chi connectivity index (χ3n) is 3.84. The molecule has 7 nitrogen and oxygen atoms in total. The minimum Gasteiger partial charge on any atom is -0.360 e. The topological polar surface area (TPSA) is 114 Å². The van der Waals surface area contributed by atoms with E-state index in [0.29, 0.717) is 16.8 Å². The highest BCUT2D eigenvalue weighted by Crippen LogP contribution is 2.42. The number of carbonyl (C=O) groups is 2. The average Bonchev–Trinajstić information content (AvgIpc) is 2.57. The van der Waals surface area contributed by atoms with Crippen molar-refractivity contribution in [3.05, 3.63) is 48.1 Å². The molecule has 0 aromatic heterocycles. The van der Waals surface area contributed by atoms with E-state index in [1.807, 2.05) is 0 Å². The van der Waals surface area contributed by atoms with E-state index in [1.54, 1.807) is 37.3 Å². The number of alkyl halides is 1. The summed E-state index contributed by atoms with van der Waals surface area (Å²) in [6, 6.07) is 6.14. The number of hydrogen-bond acceptors (Lipinski definition) is 5. The first-order chi connectivity index (χ1) is 12.6. The molecular formula is C18H20ClN3O4S. The number of aliphatic hydroxyl groups is 1. The summed E-state index contributed by atoms with van der Waals surface area (Å²) in [4.78, 5) is 20.7. The number of benzene rings is 1. The van der Waals surface area contributed by atoms with Crippen molar-refractivity contribution in [3.8, 4) is 0 Å². The van der Waals surface area contributed by atoms with Gasteiger partial charge in [-0.05, 0) is 30.7 Å². The number of anilines is 1. The van der Waals surface area contributed by atoms with Gasteiger partial charge in [-0.25, -0.2) is 4.79 Å². The molecule has 1 aliphatic carbocycles. The van der Waals surface area contributed by atoms with E-state index in [4.69, 9.17) is 34.3 Å². The van der Waals surface area contributed by atoms with Gasteiger partial charge in [-0.15, -0.1) is 11.6 Å². The first kappa shape index (κ1) is 21.0. The van der Waals surface area contributed by atoms with Crippen molar-refractivity contribution in [1.29, 1.82) is 0 Å². The Morgan fingerprint density at radius 1 is 1.37 bits per heavy atom. The second-order valence-electron chi connectivity index (χ2n) is 5.82. The van der Waals surface area contributed by atoms with Crippen LogP contribution in [0.3, 0.4) is 0 Å². The molecule has 0 heterocycles. The minimum atomic E-state index is -2.00. The van der Waals surface area contributed by atoms with E-state index >= 15 is 0 Å². The molecule has 2 rings (SSSR count). The number of para-hydroxylation sites is 1. The molecule has 1 aromatic carbocycles. The van der Waals surface area contributed by atoms with Gasteiger partial charge < -0.3 is 26.2 Å². The van der Waals surface area contributed by atoms with Gasteiger partial charge in [0, 0.05) is 24.8 Å². The number of thiocarbonyl (C=S) groups is 1. The smallest absolute Gasteiger partial charge is 0.317 e. The van der Waals surface area contributed by atoms with Gasteiger partial charge in [-0.1, -0.05) is 36.5 Å². The molecule has 0 spiro atoms. The van der Waals surface area contributed by atoms with Crippen molar-refractivity contribution in [2.24, 2.45) is 5.73 Å². The zero-order valence-electron chi connectivity index (χ0n) is 14.8. The fourth-order valence-corrected chi connectivity index (χ4v) is 3.28. The van der Waals surface area contributed by atoms with Crippen LogP contribution in [0.25, 0.3) is 5.57 Å². The third-order valence-corrected chi connectivity index (χ3v) is 4.95. The monoisotopic (exact) mass is 409 g/mol. The molecule has 0 aliphatic heterocycles. The van der Waals surface area contributed by atoms with Crippen LogP contribution in [-0.4, -0.2) is 39.3 Å². The van der Waals surface area contributed by atoms with Crippen molar-refractivity contribution < 1.29 is 19.4 Å². The fourth-order valence-electron chi connectivity index (χ4n) is 2.70. The van der Waals surface area contributed by atoms with Gasteiger partial charge in [-0.3, -0.25) is 4.79 Å². The Balaban J connectivity index is 2.57. The number of carbonyl (C=O) groups excluding carboxylic acids is 2. The number of ether oxygens (including phenoxy) is 1. The van der Waals surface area contributed by atoms with E-state index in [0.717, 1.165) is 0 Å². The lowest BCUT2D eigenvalue weighted by Crippen LogP contribution is -2.60. The number of nitrogens with one attached hydrogen (secondary N) is 2. The number of nitrogens with two attached hydrogens (primary N) is 1. The SMILES string of the molecule is CCOC1(O)C=CC(c2ccccc2NC(C)=O)=CC1(Cl)C(=S)NC(N)=O. The molecule has 27 heavy (non-hydrogen) atoms. The normalized spacial score (nSPS) is 24.1. The number of rotatable bonds is 5. The molecule has 1 aliphatic rings. The van der Waals surface area contributed by atoms with Gasteiger partial charge in [0.1, 0.15) is 4.99 Å². The van der Waals surface area contributed by atoms with Gasteiger partial charge in [-0.2, -0.15) is 0 Å². The molecule has 3 amide bonds. The summed E-state index contributed by atoms with van der Waals surface area (Å²) in [5.74, 6) is -2.24. The van der Waals surface area contributed by atoms with E-state index in [2.05, 4.69) is 10.6 Å². The maximum absolute atomic E-state index is 11.5. The van der Waals surface area contributed by atoms with Crippen molar-refractivity contribution in [2.45, 2.75) is 24.5 Å². The molecule has 0 saturated carbocycles. The van der Waals surface area contributed by atoms with Crippen molar-refractivity contribution >= 4 is 52.0 Å². The number of urea groups is 1. The van der Waals surface area contributed by atoms with Gasteiger partial charge in [0.2, 0.25) is 11.7 Å². The second kappa shape index (κ2) is 8.18. The summed E-state index contributed by atoms with van der Waals surface area (Å²) in [6.45, 7) is 3.21. The lowest BCUT2D eigenvalue weighted by molar-refractivity contribution is -0.168. The lowest BCUT2D eigenvalue weighted by Gasteiger charge is -2.41. The lowest BCUT2D eigenvalue weighted by atomic mass is 9.86. The Morgan fingerprint density at radius 3 is 2.63 bits per heavy atom. The molecule has 0 fully saturated rings. The van der Waals surface area contributed by atoms with Crippen molar-refractivity contribution in [2.75, 3.05) is 11.9 Å². The van der Waals surface area contributed by atoms with Crippen LogP contribution in [0, 0.1) is 0 Å². The van der Waals surface area contributed by atoms with E-state index < -0.39 is 16.7 Å². The summed E-state index contributed by atoms with van der Waals surface area (Å²) in [6.07, 6.45) is 4.41. The molecule has 2 unspecified atom stereocenters.